The van der Waals surface area contributed by atoms with Gasteiger partial charge in [0.2, 0.25) is 0 Å². The zero-order valence-corrected chi connectivity index (χ0v) is 10.8. The van der Waals surface area contributed by atoms with E-state index in [9.17, 15) is 0 Å². The number of nitrogens with zero attached hydrogens (tertiary/aromatic N) is 1. The quantitative estimate of drug-likeness (QED) is 0.646. The van der Waals surface area contributed by atoms with Gasteiger partial charge in [-0.3, -0.25) is 0 Å². The van der Waals surface area contributed by atoms with Gasteiger partial charge in [0, 0.05) is 18.8 Å². The van der Waals surface area contributed by atoms with Gasteiger partial charge in [0.25, 0.3) is 0 Å². The third kappa shape index (κ3) is 4.27. The van der Waals surface area contributed by atoms with Gasteiger partial charge in [-0.05, 0) is 37.0 Å². The van der Waals surface area contributed by atoms with Crippen LogP contribution >= 0.6 is 0 Å². The molecule has 1 rings (SSSR count). The van der Waals surface area contributed by atoms with Crippen LogP contribution in [0.1, 0.15) is 31.7 Å². The summed E-state index contributed by atoms with van der Waals surface area (Å²) in [6.45, 7) is 3.19. The van der Waals surface area contributed by atoms with Crippen LogP contribution in [0.2, 0.25) is 0 Å². The molecule has 1 atom stereocenters. The Morgan fingerprint density at radius 3 is 2.78 bits per heavy atom. The van der Waals surface area contributed by atoms with E-state index in [4.69, 9.17) is 16.1 Å². The van der Waals surface area contributed by atoms with Crippen molar-refractivity contribution in [2.24, 2.45) is 5.92 Å². The molecule has 0 aliphatic heterocycles. The molecule has 0 amide bonds. The summed E-state index contributed by atoms with van der Waals surface area (Å²) in [4.78, 5) is 0. The van der Waals surface area contributed by atoms with E-state index in [0.29, 0.717) is 17.2 Å². The third-order valence-electron chi connectivity index (χ3n) is 3.00. The van der Waals surface area contributed by atoms with Crippen LogP contribution in [0.15, 0.2) is 18.2 Å². The minimum Gasteiger partial charge on any atom is -0.398 e. The first-order chi connectivity index (χ1) is 8.71. The summed E-state index contributed by atoms with van der Waals surface area (Å²) in [5, 5.41) is 21.1. The normalized spacial score (nSPS) is 11.8. The molecule has 0 saturated heterocycles. The molecular formula is C14H21N3O. The van der Waals surface area contributed by atoms with E-state index >= 15 is 0 Å². The number of nitrogen functional groups attached to an aromatic ring is 1. The molecule has 0 aromatic heterocycles. The molecule has 4 heteroatoms. The molecule has 4 nitrogen and oxygen atoms in total. The summed E-state index contributed by atoms with van der Waals surface area (Å²) in [5.41, 5.74) is 7.67. The van der Waals surface area contributed by atoms with Gasteiger partial charge in [-0.15, -0.1) is 0 Å². The highest BCUT2D eigenvalue weighted by atomic mass is 16.3. The third-order valence-corrected chi connectivity index (χ3v) is 3.00. The van der Waals surface area contributed by atoms with Gasteiger partial charge < -0.3 is 16.2 Å². The van der Waals surface area contributed by atoms with Crippen LogP contribution in [0.25, 0.3) is 0 Å². The maximum absolute atomic E-state index is 8.99. The molecule has 0 saturated carbocycles. The van der Waals surface area contributed by atoms with Crippen LogP contribution in [0, 0.1) is 17.2 Å². The molecule has 0 heterocycles. The number of aliphatic hydroxyl groups excluding tert-OH is 1. The molecule has 0 radical (unpaired) electrons. The Morgan fingerprint density at radius 1 is 1.44 bits per heavy atom. The van der Waals surface area contributed by atoms with Crippen molar-refractivity contribution in [2.75, 3.05) is 24.2 Å². The van der Waals surface area contributed by atoms with Gasteiger partial charge >= 0.3 is 0 Å². The largest absolute Gasteiger partial charge is 0.398 e. The van der Waals surface area contributed by atoms with E-state index < -0.39 is 0 Å². The first kappa shape index (κ1) is 14.3. The van der Waals surface area contributed by atoms with Gasteiger partial charge in [-0.1, -0.05) is 13.3 Å². The molecule has 1 aromatic carbocycles. The zero-order valence-electron chi connectivity index (χ0n) is 10.8. The fourth-order valence-electron chi connectivity index (χ4n) is 1.98. The number of benzene rings is 1. The second-order valence-corrected chi connectivity index (χ2v) is 4.46. The topological polar surface area (TPSA) is 82.1 Å². The van der Waals surface area contributed by atoms with Crippen LogP contribution in [0.3, 0.4) is 0 Å². The van der Waals surface area contributed by atoms with E-state index in [1.165, 1.54) is 0 Å². The Morgan fingerprint density at radius 2 is 2.22 bits per heavy atom. The van der Waals surface area contributed by atoms with Crippen molar-refractivity contribution < 1.29 is 5.11 Å². The number of nitriles is 1. The molecule has 18 heavy (non-hydrogen) atoms. The second kappa shape index (κ2) is 7.57. The van der Waals surface area contributed by atoms with Crippen LogP contribution in [-0.2, 0) is 0 Å². The monoisotopic (exact) mass is 247 g/mol. The Balaban J connectivity index is 2.56. The Kier molecular flexibility index (Phi) is 6.03. The van der Waals surface area contributed by atoms with E-state index in [2.05, 4.69) is 12.2 Å². The summed E-state index contributed by atoms with van der Waals surface area (Å²) in [5.74, 6) is 0.469. The average molecular weight is 247 g/mol. The summed E-state index contributed by atoms with van der Waals surface area (Å²) < 4.78 is 0. The SMILES string of the molecule is CCCC(CCO)CNc1ccc(C#N)c(N)c1. The molecule has 0 fully saturated rings. The lowest BCUT2D eigenvalue weighted by Crippen LogP contribution is -2.15. The second-order valence-electron chi connectivity index (χ2n) is 4.46. The highest BCUT2D eigenvalue weighted by molar-refractivity contribution is 5.62. The zero-order chi connectivity index (χ0) is 13.4. The maximum atomic E-state index is 8.99. The van der Waals surface area contributed by atoms with Crippen molar-refractivity contribution in [2.45, 2.75) is 26.2 Å². The predicted molar refractivity (Wildman–Crippen MR) is 74.2 cm³/mol. The summed E-state index contributed by atoms with van der Waals surface area (Å²) in [6.07, 6.45) is 3.02. The number of hydrogen-bond acceptors (Lipinski definition) is 4. The molecule has 98 valence electrons. The first-order valence-corrected chi connectivity index (χ1v) is 6.35. The predicted octanol–water partition coefficient (Wildman–Crippen LogP) is 2.35. The van der Waals surface area contributed by atoms with Gasteiger partial charge in [0.1, 0.15) is 6.07 Å². The highest BCUT2D eigenvalue weighted by Crippen LogP contribution is 2.18. The van der Waals surface area contributed by atoms with Crippen molar-refractivity contribution >= 4 is 11.4 Å². The molecule has 1 unspecified atom stereocenters. The maximum Gasteiger partial charge on any atom is 0.101 e. The van der Waals surface area contributed by atoms with Crippen molar-refractivity contribution in [3.05, 3.63) is 23.8 Å². The lowest BCUT2D eigenvalue weighted by atomic mass is 10.00. The van der Waals surface area contributed by atoms with Crippen molar-refractivity contribution in [3.63, 3.8) is 0 Å². The van der Waals surface area contributed by atoms with Gasteiger partial charge in [0.05, 0.1) is 11.3 Å². The molecule has 0 spiro atoms. The lowest BCUT2D eigenvalue weighted by Gasteiger charge is -2.16. The standard InChI is InChI=1S/C14H21N3O/c1-2-3-11(6-7-18)10-17-13-5-4-12(9-15)14(16)8-13/h4-5,8,11,17-18H,2-3,6-7,10,16H2,1H3. The molecule has 1 aromatic rings. The van der Waals surface area contributed by atoms with Crippen LogP contribution in [0.4, 0.5) is 11.4 Å². The lowest BCUT2D eigenvalue weighted by molar-refractivity contribution is 0.255. The van der Waals surface area contributed by atoms with Crippen LogP contribution in [-0.4, -0.2) is 18.3 Å². The summed E-state index contributed by atoms with van der Waals surface area (Å²) in [7, 11) is 0. The van der Waals surface area contributed by atoms with Gasteiger partial charge in [-0.2, -0.15) is 5.26 Å². The minimum absolute atomic E-state index is 0.224. The Labute approximate surface area is 108 Å². The smallest absolute Gasteiger partial charge is 0.101 e. The molecule has 0 aliphatic carbocycles. The van der Waals surface area contributed by atoms with Crippen LogP contribution < -0.4 is 11.1 Å². The molecular weight excluding hydrogens is 226 g/mol. The number of nitrogens with one attached hydrogen (secondary N) is 1. The molecule has 0 aliphatic rings. The van der Waals surface area contributed by atoms with Crippen LogP contribution in [0.5, 0.6) is 0 Å². The summed E-state index contributed by atoms with van der Waals surface area (Å²) >= 11 is 0. The number of nitrogens with two attached hydrogens (primary N) is 1. The van der Waals surface area contributed by atoms with Gasteiger partial charge in [0.15, 0.2) is 0 Å². The minimum atomic E-state index is 0.224. The number of aliphatic hydroxyl groups is 1. The van der Waals surface area contributed by atoms with E-state index in [1.54, 1.807) is 12.1 Å². The van der Waals surface area contributed by atoms with Crippen molar-refractivity contribution in [3.8, 4) is 6.07 Å². The Bertz CT molecular complexity index is 406. The van der Waals surface area contributed by atoms with E-state index in [1.807, 2.05) is 12.1 Å². The molecule has 4 N–H and O–H groups in total. The highest BCUT2D eigenvalue weighted by Gasteiger charge is 2.07. The van der Waals surface area contributed by atoms with Gasteiger partial charge in [-0.25, -0.2) is 0 Å². The van der Waals surface area contributed by atoms with E-state index in [0.717, 1.165) is 31.5 Å². The fourth-order valence-corrected chi connectivity index (χ4v) is 1.98. The van der Waals surface area contributed by atoms with Crippen molar-refractivity contribution in [1.29, 1.82) is 5.26 Å². The summed E-state index contributed by atoms with van der Waals surface area (Å²) in [6, 6.07) is 7.40. The molecule has 0 bridgehead atoms. The van der Waals surface area contributed by atoms with Crippen molar-refractivity contribution in [1.82, 2.24) is 0 Å². The number of hydrogen-bond donors (Lipinski definition) is 3. The first-order valence-electron chi connectivity index (χ1n) is 6.35. The Hall–Kier alpha value is -1.73. The number of anilines is 2. The average Bonchev–Trinajstić information content (AvgIpc) is 2.36. The van der Waals surface area contributed by atoms with E-state index in [-0.39, 0.29) is 6.61 Å². The number of rotatable bonds is 7. The fraction of sp³-hybridized carbons (Fsp3) is 0.500.